The zero-order chi connectivity index (χ0) is 19.8. The topological polar surface area (TPSA) is 72.9 Å². The van der Waals surface area contributed by atoms with E-state index in [1.807, 2.05) is 67.8 Å². The average Bonchev–Trinajstić information content (AvgIpc) is 3.04. The van der Waals surface area contributed by atoms with E-state index in [4.69, 9.17) is 9.15 Å². The summed E-state index contributed by atoms with van der Waals surface area (Å²) in [6.07, 6.45) is 3.71. The second kappa shape index (κ2) is 7.09. The summed E-state index contributed by atoms with van der Waals surface area (Å²) in [5.41, 5.74) is 3.49. The van der Waals surface area contributed by atoms with Crippen LogP contribution in [0.2, 0.25) is 0 Å². The lowest BCUT2D eigenvalue weighted by Gasteiger charge is -2.11. The van der Waals surface area contributed by atoms with E-state index >= 15 is 0 Å². The van der Waals surface area contributed by atoms with Gasteiger partial charge in [0.25, 0.3) is 0 Å². The average molecular weight is 378 g/mol. The fraction of sp³-hybridized carbons (Fsp3) is 0.286. The molecule has 3 aromatic heterocycles. The van der Waals surface area contributed by atoms with Gasteiger partial charge in [0.15, 0.2) is 5.65 Å². The van der Waals surface area contributed by atoms with Crippen LogP contribution in [0, 0.1) is 13.8 Å². The maximum Gasteiger partial charge on any atom is 0.345 e. The number of aryl methyl sites for hydroxylation is 2. The van der Waals surface area contributed by atoms with Crippen molar-refractivity contribution < 1.29 is 9.15 Å². The molecule has 0 atom stereocenters. The SMILES string of the molecule is Cc1cn2cc(-c3cc4ccc(OCCN(C)C)cc4oc3=O)nc2c(C)n1. The van der Waals surface area contributed by atoms with Crippen LogP contribution >= 0.6 is 0 Å². The summed E-state index contributed by atoms with van der Waals surface area (Å²) in [4.78, 5) is 23.6. The number of ether oxygens (including phenoxy) is 1. The Balaban J connectivity index is 1.72. The Morgan fingerprint density at radius 3 is 2.75 bits per heavy atom. The lowest BCUT2D eigenvalue weighted by molar-refractivity contribution is 0.261. The smallest absolute Gasteiger partial charge is 0.345 e. The molecule has 1 aromatic carbocycles. The lowest BCUT2D eigenvalue weighted by atomic mass is 10.1. The molecule has 4 rings (SSSR count). The van der Waals surface area contributed by atoms with Crippen LogP contribution in [0.5, 0.6) is 5.75 Å². The van der Waals surface area contributed by atoms with E-state index in [2.05, 4.69) is 9.97 Å². The standard InChI is InChI=1S/C21H22N4O3/c1-13-11-25-12-18(23-20(25)14(2)22-13)17-9-15-5-6-16(27-8-7-24(3)4)10-19(15)28-21(17)26/h5-6,9-12H,7-8H2,1-4H3. The van der Waals surface area contributed by atoms with E-state index in [9.17, 15) is 4.79 Å². The fourth-order valence-corrected chi connectivity index (χ4v) is 3.14. The maximum atomic E-state index is 12.6. The highest BCUT2D eigenvalue weighted by Gasteiger charge is 2.14. The van der Waals surface area contributed by atoms with Crippen molar-refractivity contribution in [1.29, 1.82) is 0 Å². The van der Waals surface area contributed by atoms with Gasteiger partial charge in [0.2, 0.25) is 0 Å². The minimum absolute atomic E-state index is 0.425. The number of likely N-dealkylation sites (N-methyl/N-ethyl adjacent to an activating group) is 1. The predicted octanol–water partition coefficient (Wildman–Crippen LogP) is 3.06. The van der Waals surface area contributed by atoms with Crippen LogP contribution in [-0.2, 0) is 0 Å². The summed E-state index contributed by atoms with van der Waals surface area (Å²) < 4.78 is 13.2. The molecule has 0 aliphatic heterocycles. The summed E-state index contributed by atoms with van der Waals surface area (Å²) in [5, 5.41) is 0.817. The quantitative estimate of drug-likeness (QED) is 0.497. The fourth-order valence-electron chi connectivity index (χ4n) is 3.14. The number of hydrogen-bond acceptors (Lipinski definition) is 6. The molecule has 0 saturated heterocycles. The Bertz CT molecular complexity index is 1220. The molecular weight excluding hydrogens is 356 g/mol. The van der Waals surface area contributed by atoms with Crippen LogP contribution in [0.25, 0.3) is 27.9 Å². The van der Waals surface area contributed by atoms with Gasteiger partial charge in [-0.15, -0.1) is 0 Å². The number of fused-ring (bicyclic) bond motifs is 2. The third-order valence-electron chi connectivity index (χ3n) is 4.52. The zero-order valence-electron chi connectivity index (χ0n) is 16.4. The minimum atomic E-state index is -0.427. The molecule has 28 heavy (non-hydrogen) atoms. The highest BCUT2D eigenvalue weighted by atomic mass is 16.5. The molecule has 0 saturated carbocycles. The van der Waals surface area contributed by atoms with Crippen molar-refractivity contribution in [3.05, 3.63) is 58.5 Å². The third kappa shape index (κ3) is 3.48. The van der Waals surface area contributed by atoms with E-state index in [-0.39, 0.29) is 0 Å². The molecule has 7 heteroatoms. The number of nitrogens with zero attached hydrogens (tertiary/aromatic N) is 4. The normalized spacial score (nSPS) is 11.6. The molecule has 7 nitrogen and oxygen atoms in total. The summed E-state index contributed by atoms with van der Waals surface area (Å²) in [6.45, 7) is 5.20. The second-order valence-electron chi connectivity index (χ2n) is 7.12. The summed E-state index contributed by atoms with van der Waals surface area (Å²) in [5.74, 6) is 0.676. The molecule has 0 aliphatic carbocycles. The van der Waals surface area contributed by atoms with E-state index < -0.39 is 5.63 Å². The molecule has 0 fully saturated rings. The number of aromatic nitrogens is 3. The van der Waals surface area contributed by atoms with Gasteiger partial charge < -0.3 is 18.5 Å². The molecular formula is C21H22N4O3. The van der Waals surface area contributed by atoms with Gasteiger partial charge in [-0.05, 0) is 46.1 Å². The monoisotopic (exact) mass is 378 g/mol. The van der Waals surface area contributed by atoms with Crippen molar-refractivity contribution in [1.82, 2.24) is 19.3 Å². The molecule has 0 spiro atoms. The molecule has 144 valence electrons. The van der Waals surface area contributed by atoms with Crippen LogP contribution in [-0.4, -0.2) is 46.5 Å². The van der Waals surface area contributed by atoms with Crippen LogP contribution in [0.3, 0.4) is 0 Å². The number of benzene rings is 1. The summed E-state index contributed by atoms with van der Waals surface area (Å²) >= 11 is 0. The number of hydrogen-bond donors (Lipinski definition) is 0. The molecule has 0 bridgehead atoms. The molecule has 0 unspecified atom stereocenters. The molecule has 3 heterocycles. The van der Waals surface area contributed by atoms with Gasteiger partial charge in [-0.1, -0.05) is 0 Å². The van der Waals surface area contributed by atoms with Gasteiger partial charge in [0, 0.05) is 30.4 Å². The first-order valence-corrected chi connectivity index (χ1v) is 9.09. The third-order valence-corrected chi connectivity index (χ3v) is 4.52. The molecule has 4 aromatic rings. The van der Waals surface area contributed by atoms with Gasteiger partial charge >= 0.3 is 5.63 Å². The Morgan fingerprint density at radius 2 is 1.96 bits per heavy atom. The van der Waals surface area contributed by atoms with E-state index in [1.165, 1.54) is 0 Å². The van der Waals surface area contributed by atoms with Crippen molar-refractivity contribution in [3.8, 4) is 17.0 Å². The van der Waals surface area contributed by atoms with Crippen LogP contribution in [0.1, 0.15) is 11.4 Å². The largest absolute Gasteiger partial charge is 0.492 e. The first kappa shape index (κ1) is 18.2. The van der Waals surface area contributed by atoms with Gasteiger partial charge in [-0.3, -0.25) is 4.98 Å². The van der Waals surface area contributed by atoms with E-state index in [0.29, 0.717) is 29.2 Å². The van der Waals surface area contributed by atoms with Gasteiger partial charge in [0.1, 0.15) is 17.9 Å². The predicted molar refractivity (Wildman–Crippen MR) is 108 cm³/mol. The molecule has 0 N–H and O–H groups in total. The van der Waals surface area contributed by atoms with Gasteiger partial charge in [-0.25, -0.2) is 9.78 Å². The summed E-state index contributed by atoms with van der Waals surface area (Å²) in [7, 11) is 3.98. The second-order valence-corrected chi connectivity index (χ2v) is 7.12. The van der Waals surface area contributed by atoms with Crippen LogP contribution in [0.4, 0.5) is 0 Å². The molecule has 0 aliphatic rings. The number of rotatable bonds is 5. The Kier molecular flexibility index (Phi) is 4.60. The molecule has 0 radical (unpaired) electrons. The van der Waals surface area contributed by atoms with Crippen molar-refractivity contribution >= 4 is 16.6 Å². The Labute approximate surface area is 162 Å². The number of imidazole rings is 1. The van der Waals surface area contributed by atoms with Crippen LogP contribution < -0.4 is 10.4 Å². The van der Waals surface area contributed by atoms with Gasteiger partial charge in [0.05, 0.1) is 22.6 Å². The maximum absolute atomic E-state index is 12.6. The van der Waals surface area contributed by atoms with Crippen molar-refractivity contribution in [2.75, 3.05) is 27.2 Å². The van der Waals surface area contributed by atoms with Crippen molar-refractivity contribution in [2.45, 2.75) is 13.8 Å². The highest BCUT2D eigenvalue weighted by Crippen LogP contribution is 2.25. The first-order chi connectivity index (χ1) is 13.4. The zero-order valence-corrected chi connectivity index (χ0v) is 16.4. The van der Waals surface area contributed by atoms with Crippen LogP contribution in [0.15, 0.2) is 45.9 Å². The van der Waals surface area contributed by atoms with E-state index in [1.54, 1.807) is 6.07 Å². The van der Waals surface area contributed by atoms with Gasteiger partial charge in [-0.2, -0.15) is 0 Å². The Hall–Kier alpha value is -3.19. The van der Waals surface area contributed by atoms with E-state index in [0.717, 1.165) is 29.0 Å². The van der Waals surface area contributed by atoms with Crippen molar-refractivity contribution in [2.24, 2.45) is 0 Å². The Morgan fingerprint density at radius 1 is 1.14 bits per heavy atom. The summed E-state index contributed by atoms with van der Waals surface area (Å²) in [6, 6.07) is 7.32. The first-order valence-electron chi connectivity index (χ1n) is 9.09. The lowest BCUT2D eigenvalue weighted by Crippen LogP contribution is -2.19. The molecule has 0 amide bonds. The highest BCUT2D eigenvalue weighted by molar-refractivity contribution is 5.82. The minimum Gasteiger partial charge on any atom is -0.492 e. The van der Waals surface area contributed by atoms with Crippen molar-refractivity contribution in [3.63, 3.8) is 0 Å².